The SMILES string of the molecule is CC(=O)NCc1cc(Nc2ccc(CCCc3c[nH]c4ccccc34)cc2)ccn1. The molecule has 0 saturated heterocycles. The molecule has 4 aromatic rings. The van der Waals surface area contributed by atoms with E-state index in [9.17, 15) is 4.79 Å². The third-order valence-electron chi connectivity index (χ3n) is 5.16. The number of anilines is 2. The molecule has 4 rings (SSSR count). The van der Waals surface area contributed by atoms with Gasteiger partial charge in [-0.25, -0.2) is 0 Å². The molecule has 0 saturated carbocycles. The lowest BCUT2D eigenvalue weighted by Gasteiger charge is -2.09. The highest BCUT2D eigenvalue weighted by Crippen LogP contribution is 2.21. The Hall–Kier alpha value is -3.60. The van der Waals surface area contributed by atoms with Gasteiger partial charge in [0.25, 0.3) is 0 Å². The van der Waals surface area contributed by atoms with E-state index in [1.165, 1.54) is 29.0 Å². The Morgan fingerprint density at radius 3 is 2.67 bits per heavy atom. The zero-order valence-corrected chi connectivity index (χ0v) is 17.1. The molecule has 0 aliphatic rings. The molecule has 2 aromatic heterocycles. The zero-order valence-electron chi connectivity index (χ0n) is 17.1. The molecule has 3 N–H and O–H groups in total. The standard InChI is InChI=1S/C25H26N4O/c1-18(30)27-17-23-15-22(13-14-26-23)29-21-11-9-19(10-12-21)5-4-6-20-16-28-25-8-3-2-7-24(20)25/h2-3,7-16,28H,4-6,17H2,1H3,(H,26,29)(H,27,30). The van der Waals surface area contributed by atoms with Crippen molar-refractivity contribution in [1.29, 1.82) is 0 Å². The van der Waals surface area contributed by atoms with Crippen LogP contribution in [0.2, 0.25) is 0 Å². The van der Waals surface area contributed by atoms with Gasteiger partial charge in [-0.2, -0.15) is 0 Å². The molecule has 2 heterocycles. The minimum Gasteiger partial charge on any atom is -0.361 e. The van der Waals surface area contributed by atoms with Crippen LogP contribution >= 0.6 is 0 Å². The summed E-state index contributed by atoms with van der Waals surface area (Å²) in [4.78, 5) is 18.7. The zero-order chi connectivity index (χ0) is 20.8. The summed E-state index contributed by atoms with van der Waals surface area (Å²) >= 11 is 0. The third-order valence-corrected chi connectivity index (χ3v) is 5.16. The van der Waals surface area contributed by atoms with Gasteiger partial charge in [0.15, 0.2) is 0 Å². The van der Waals surface area contributed by atoms with E-state index < -0.39 is 0 Å². The van der Waals surface area contributed by atoms with Gasteiger partial charge in [0.1, 0.15) is 0 Å². The minimum absolute atomic E-state index is 0.0598. The summed E-state index contributed by atoms with van der Waals surface area (Å²) in [6, 6.07) is 20.9. The van der Waals surface area contributed by atoms with Crippen LogP contribution in [0.25, 0.3) is 10.9 Å². The minimum atomic E-state index is -0.0598. The van der Waals surface area contributed by atoms with Crippen molar-refractivity contribution < 1.29 is 4.79 Å². The molecule has 0 spiro atoms. The number of amides is 1. The Labute approximate surface area is 176 Å². The van der Waals surface area contributed by atoms with Crippen molar-refractivity contribution in [3.8, 4) is 0 Å². The van der Waals surface area contributed by atoms with Crippen molar-refractivity contribution >= 4 is 28.2 Å². The van der Waals surface area contributed by atoms with E-state index in [0.717, 1.165) is 36.3 Å². The normalized spacial score (nSPS) is 10.8. The highest BCUT2D eigenvalue weighted by Gasteiger charge is 2.04. The number of hydrogen-bond acceptors (Lipinski definition) is 3. The number of pyridine rings is 1. The van der Waals surface area contributed by atoms with Crippen molar-refractivity contribution in [3.63, 3.8) is 0 Å². The first kappa shape index (κ1) is 19.7. The lowest BCUT2D eigenvalue weighted by atomic mass is 10.0. The van der Waals surface area contributed by atoms with E-state index in [4.69, 9.17) is 0 Å². The molecule has 0 unspecified atom stereocenters. The Morgan fingerprint density at radius 2 is 1.83 bits per heavy atom. The van der Waals surface area contributed by atoms with Gasteiger partial charge in [0.05, 0.1) is 12.2 Å². The van der Waals surface area contributed by atoms with Crippen molar-refractivity contribution in [1.82, 2.24) is 15.3 Å². The number of aryl methyl sites for hydroxylation is 2. The topological polar surface area (TPSA) is 69.8 Å². The van der Waals surface area contributed by atoms with Crippen molar-refractivity contribution in [3.05, 3.63) is 89.9 Å². The van der Waals surface area contributed by atoms with Crippen molar-refractivity contribution in [2.24, 2.45) is 0 Å². The lowest BCUT2D eigenvalue weighted by Crippen LogP contribution is -2.19. The van der Waals surface area contributed by atoms with E-state index in [1.807, 2.05) is 12.1 Å². The van der Waals surface area contributed by atoms with E-state index >= 15 is 0 Å². The first-order chi connectivity index (χ1) is 14.7. The number of nitrogens with zero attached hydrogens (tertiary/aromatic N) is 1. The third kappa shape index (κ3) is 5.06. The molecule has 0 bridgehead atoms. The number of carbonyl (C=O) groups is 1. The number of H-pyrrole nitrogens is 1. The molecule has 5 nitrogen and oxygen atoms in total. The first-order valence-corrected chi connectivity index (χ1v) is 10.3. The Morgan fingerprint density at radius 1 is 1.00 bits per heavy atom. The first-order valence-electron chi connectivity index (χ1n) is 10.3. The van der Waals surface area contributed by atoms with Crippen LogP contribution in [0.3, 0.4) is 0 Å². The Kier molecular flexibility index (Phi) is 6.09. The molecule has 1 amide bonds. The average molecular weight is 399 g/mol. The molecular weight excluding hydrogens is 372 g/mol. The van der Waals surface area contributed by atoms with Crippen molar-refractivity contribution in [2.45, 2.75) is 32.7 Å². The van der Waals surface area contributed by atoms with E-state index in [1.54, 1.807) is 6.20 Å². The molecule has 0 radical (unpaired) electrons. The van der Waals surface area contributed by atoms with Crippen LogP contribution in [0.15, 0.2) is 73.1 Å². The summed E-state index contributed by atoms with van der Waals surface area (Å²) < 4.78 is 0. The van der Waals surface area contributed by atoms with E-state index in [0.29, 0.717) is 6.54 Å². The number of nitrogens with one attached hydrogen (secondary N) is 3. The second-order valence-electron chi connectivity index (χ2n) is 7.48. The monoisotopic (exact) mass is 398 g/mol. The van der Waals surface area contributed by atoms with Gasteiger partial charge in [-0.15, -0.1) is 0 Å². The van der Waals surface area contributed by atoms with Crippen LogP contribution in [0.1, 0.15) is 30.2 Å². The molecule has 0 fully saturated rings. The quantitative estimate of drug-likeness (QED) is 0.386. The number of benzene rings is 2. The van der Waals surface area contributed by atoms with Crippen LogP contribution in [-0.4, -0.2) is 15.9 Å². The van der Waals surface area contributed by atoms with Gasteiger partial charge in [0.2, 0.25) is 5.91 Å². The van der Waals surface area contributed by atoms with Gasteiger partial charge in [-0.1, -0.05) is 30.3 Å². The largest absolute Gasteiger partial charge is 0.361 e. The highest BCUT2D eigenvalue weighted by molar-refractivity contribution is 5.83. The summed E-state index contributed by atoms with van der Waals surface area (Å²) in [7, 11) is 0. The number of carbonyl (C=O) groups excluding carboxylic acids is 1. The number of aromatic nitrogens is 2. The van der Waals surface area contributed by atoms with Crippen LogP contribution in [0, 0.1) is 0 Å². The fourth-order valence-corrected chi connectivity index (χ4v) is 3.61. The predicted octanol–water partition coefficient (Wildman–Crippen LogP) is 5.12. The maximum Gasteiger partial charge on any atom is 0.217 e. The van der Waals surface area contributed by atoms with E-state index in [2.05, 4.69) is 75.3 Å². The van der Waals surface area contributed by atoms with Gasteiger partial charge in [0, 0.05) is 41.6 Å². The number of fused-ring (bicyclic) bond motifs is 1. The molecule has 5 heteroatoms. The molecule has 30 heavy (non-hydrogen) atoms. The van der Waals surface area contributed by atoms with Gasteiger partial charge in [-0.05, 0) is 60.7 Å². The fourth-order valence-electron chi connectivity index (χ4n) is 3.61. The second kappa shape index (κ2) is 9.27. The Bertz CT molecular complexity index is 1130. The van der Waals surface area contributed by atoms with E-state index in [-0.39, 0.29) is 5.91 Å². The van der Waals surface area contributed by atoms with Crippen molar-refractivity contribution in [2.75, 3.05) is 5.32 Å². The summed E-state index contributed by atoms with van der Waals surface area (Å²) in [5, 5.41) is 7.50. The van der Waals surface area contributed by atoms with Gasteiger partial charge >= 0.3 is 0 Å². The highest BCUT2D eigenvalue weighted by atomic mass is 16.1. The molecule has 0 aliphatic heterocycles. The van der Waals surface area contributed by atoms with Crippen LogP contribution in [0.5, 0.6) is 0 Å². The maximum atomic E-state index is 11.1. The maximum absolute atomic E-state index is 11.1. The number of rotatable bonds is 8. The van der Waals surface area contributed by atoms with Crippen LogP contribution in [0.4, 0.5) is 11.4 Å². The molecule has 0 atom stereocenters. The van der Waals surface area contributed by atoms with Crippen LogP contribution < -0.4 is 10.6 Å². The van der Waals surface area contributed by atoms with Crippen LogP contribution in [-0.2, 0) is 24.2 Å². The average Bonchev–Trinajstić information content (AvgIpc) is 3.17. The number of aromatic amines is 1. The molecule has 0 aliphatic carbocycles. The number of hydrogen-bond donors (Lipinski definition) is 3. The summed E-state index contributed by atoms with van der Waals surface area (Å²) in [5.41, 5.74) is 6.74. The molecular formula is C25H26N4O. The molecule has 2 aromatic carbocycles. The predicted molar refractivity (Wildman–Crippen MR) is 122 cm³/mol. The second-order valence-corrected chi connectivity index (χ2v) is 7.48. The summed E-state index contributed by atoms with van der Waals surface area (Å²) in [6.07, 6.45) is 7.12. The lowest BCUT2D eigenvalue weighted by molar-refractivity contribution is -0.119. The molecule has 152 valence electrons. The fraction of sp³-hybridized carbons (Fsp3) is 0.200. The summed E-state index contributed by atoms with van der Waals surface area (Å²) in [6.45, 7) is 1.93. The summed E-state index contributed by atoms with van der Waals surface area (Å²) in [5.74, 6) is -0.0598. The van der Waals surface area contributed by atoms with Gasteiger partial charge < -0.3 is 15.6 Å². The smallest absolute Gasteiger partial charge is 0.217 e. The number of para-hydroxylation sites is 1. The Balaban J connectivity index is 1.31. The van der Waals surface area contributed by atoms with Gasteiger partial charge in [-0.3, -0.25) is 9.78 Å².